The van der Waals surface area contributed by atoms with Crippen LogP contribution >= 0.6 is 0 Å². The molecule has 1 heterocycles. The van der Waals surface area contributed by atoms with Crippen molar-refractivity contribution in [3.05, 3.63) is 35.9 Å². The molecule has 1 aliphatic carbocycles. The summed E-state index contributed by atoms with van der Waals surface area (Å²) in [5, 5.41) is 12.2. The van der Waals surface area contributed by atoms with Gasteiger partial charge in [0.15, 0.2) is 6.04 Å². The fourth-order valence-electron chi connectivity index (χ4n) is 4.12. The molecule has 1 aliphatic heterocycles. The first-order valence-corrected chi connectivity index (χ1v) is 9.01. The number of carbonyl (C=O) groups excluding carboxylic acids is 1. The third-order valence-corrected chi connectivity index (χ3v) is 5.39. The van der Waals surface area contributed by atoms with E-state index in [1.54, 1.807) is 24.3 Å². The first-order valence-electron chi connectivity index (χ1n) is 9.01. The van der Waals surface area contributed by atoms with Crippen molar-refractivity contribution in [2.75, 3.05) is 26.3 Å². The first-order chi connectivity index (χ1) is 12.1. The summed E-state index contributed by atoms with van der Waals surface area (Å²) in [7, 11) is 0. The molecule has 3 rings (SSSR count). The zero-order valence-corrected chi connectivity index (χ0v) is 14.4. The number of morpholine rings is 1. The highest BCUT2D eigenvalue weighted by Gasteiger charge is 2.42. The highest BCUT2D eigenvalue weighted by atomic mass is 16.5. The van der Waals surface area contributed by atoms with Gasteiger partial charge in [-0.1, -0.05) is 43.2 Å². The Kier molecular flexibility index (Phi) is 5.71. The molecule has 25 heavy (non-hydrogen) atoms. The van der Waals surface area contributed by atoms with E-state index in [1.807, 2.05) is 6.07 Å². The van der Waals surface area contributed by atoms with Crippen LogP contribution in [0.3, 0.4) is 0 Å². The average molecular weight is 346 g/mol. The number of rotatable bonds is 6. The van der Waals surface area contributed by atoms with Crippen LogP contribution in [0.2, 0.25) is 0 Å². The van der Waals surface area contributed by atoms with E-state index in [0.717, 1.165) is 38.8 Å². The van der Waals surface area contributed by atoms with Gasteiger partial charge in [-0.15, -0.1) is 0 Å². The number of carboxylic acid groups (broad SMARTS) is 1. The Morgan fingerprint density at radius 1 is 1.16 bits per heavy atom. The van der Waals surface area contributed by atoms with Gasteiger partial charge in [0.1, 0.15) is 0 Å². The Morgan fingerprint density at radius 2 is 1.80 bits per heavy atom. The number of aliphatic carboxylic acids is 1. The van der Waals surface area contributed by atoms with Crippen LogP contribution in [-0.2, 0) is 14.3 Å². The highest BCUT2D eigenvalue weighted by molar-refractivity contribution is 5.85. The summed E-state index contributed by atoms with van der Waals surface area (Å²) in [6.45, 7) is 3.08. The zero-order valence-electron chi connectivity index (χ0n) is 14.4. The van der Waals surface area contributed by atoms with Crippen LogP contribution in [0.25, 0.3) is 0 Å². The van der Waals surface area contributed by atoms with E-state index in [2.05, 4.69) is 10.2 Å². The van der Waals surface area contributed by atoms with Crippen molar-refractivity contribution in [3.63, 3.8) is 0 Å². The lowest BCUT2D eigenvalue weighted by Gasteiger charge is -2.43. The molecule has 0 bridgehead atoms. The van der Waals surface area contributed by atoms with Crippen molar-refractivity contribution in [1.29, 1.82) is 0 Å². The first kappa shape index (κ1) is 17.9. The second-order valence-corrected chi connectivity index (χ2v) is 6.96. The van der Waals surface area contributed by atoms with Crippen molar-refractivity contribution in [3.8, 4) is 0 Å². The van der Waals surface area contributed by atoms with E-state index in [1.165, 1.54) is 0 Å². The van der Waals surface area contributed by atoms with Crippen LogP contribution in [0.1, 0.15) is 43.7 Å². The summed E-state index contributed by atoms with van der Waals surface area (Å²) in [4.78, 5) is 26.7. The molecule has 0 spiro atoms. The van der Waals surface area contributed by atoms with Crippen molar-refractivity contribution < 1.29 is 19.4 Å². The van der Waals surface area contributed by atoms with E-state index in [-0.39, 0.29) is 11.4 Å². The lowest BCUT2D eigenvalue weighted by Crippen LogP contribution is -2.54. The number of amides is 1. The van der Waals surface area contributed by atoms with Gasteiger partial charge < -0.3 is 15.2 Å². The van der Waals surface area contributed by atoms with Crippen LogP contribution in [0.5, 0.6) is 0 Å². The summed E-state index contributed by atoms with van der Waals surface area (Å²) in [6, 6.07) is 7.85. The van der Waals surface area contributed by atoms with Crippen molar-refractivity contribution in [1.82, 2.24) is 10.2 Å². The lowest BCUT2D eigenvalue weighted by molar-refractivity contribution is -0.142. The Morgan fingerprint density at radius 3 is 2.40 bits per heavy atom. The molecular formula is C19H26N2O4. The standard InChI is InChI=1S/C19H26N2O4/c22-16(20-17(18(23)24)15-6-2-1-3-7-15)14-19(8-4-5-9-19)21-10-12-25-13-11-21/h1-3,6-7,17H,4-5,8-14H2,(H,20,22)(H,23,24)/t17-/m1/s1. The molecule has 1 saturated carbocycles. The van der Waals surface area contributed by atoms with Gasteiger partial charge in [0.25, 0.3) is 0 Å². The van der Waals surface area contributed by atoms with Gasteiger partial charge in [-0.2, -0.15) is 0 Å². The van der Waals surface area contributed by atoms with E-state index in [4.69, 9.17) is 4.74 Å². The predicted octanol–water partition coefficient (Wildman–Crippen LogP) is 1.96. The normalized spacial score (nSPS) is 21.6. The number of carbonyl (C=O) groups is 2. The number of hydrogen-bond acceptors (Lipinski definition) is 4. The SMILES string of the molecule is O=C(CC1(N2CCOCC2)CCCC1)N[C@@H](C(=O)O)c1ccccc1. The summed E-state index contributed by atoms with van der Waals surface area (Å²) >= 11 is 0. The Labute approximate surface area is 148 Å². The molecule has 1 saturated heterocycles. The monoisotopic (exact) mass is 346 g/mol. The third-order valence-electron chi connectivity index (χ3n) is 5.39. The van der Waals surface area contributed by atoms with E-state index in [9.17, 15) is 14.7 Å². The van der Waals surface area contributed by atoms with Crippen LogP contribution < -0.4 is 5.32 Å². The maximum absolute atomic E-state index is 12.7. The van der Waals surface area contributed by atoms with E-state index < -0.39 is 12.0 Å². The van der Waals surface area contributed by atoms with Gasteiger partial charge in [0.2, 0.25) is 5.91 Å². The highest BCUT2D eigenvalue weighted by Crippen LogP contribution is 2.38. The quantitative estimate of drug-likeness (QED) is 0.823. The zero-order chi connectivity index (χ0) is 17.7. The molecule has 136 valence electrons. The number of carboxylic acids is 1. The van der Waals surface area contributed by atoms with Crippen LogP contribution in [-0.4, -0.2) is 53.7 Å². The Hall–Kier alpha value is -1.92. The molecule has 2 aliphatic rings. The molecule has 1 atom stereocenters. The van der Waals surface area contributed by atoms with Gasteiger partial charge in [0, 0.05) is 25.0 Å². The molecular weight excluding hydrogens is 320 g/mol. The average Bonchev–Trinajstić information content (AvgIpc) is 3.10. The third kappa shape index (κ3) is 4.19. The topological polar surface area (TPSA) is 78.9 Å². The number of nitrogens with one attached hydrogen (secondary N) is 1. The van der Waals surface area contributed by atoms with Crippen LogP contribution in [0.4, 0.5) is 0 Å². The molecule has 2 fully saturated rings. The van der Waals surface area contributed by atoms with Crippen LogP contribution in [0, 0.1) is 0 Å². The Bertz CT molecular complexity index is 593. The van der Waals surface area contributed by atoms with Crippen LogP contribution in [0.15, 0.2) is 30.3 Å². The summed E-state index contributed by atoms with van der Waals surface area (Å²) in [5.74, 6) is -1.23. The number of hydrogen-bond donors (Lipinski definition) is 2. The predicted molar refractivity (Wildman–Crippen MR) is 93.2 cm³/mol. The Balaban J connectivity index is 1.69. The summed E-state index contributed by atoms with van der Waals surface area (Å²) in [5.41, 5.74) is 0.448. The second kappa shape index (κ2) is 7.97. The summed E-state index contributed by atoms with van der Waals surface area (Å²) < 4.78 is 5.44. The van der Waals surface area contributed by atoms with Gasteiger partial charge >= 0.3 is 5.97 Å². The summed E-state index contributed by atoms with van der Waals surface area (Å²) in [6.07, 6.45) is 4.56. The van der Waals surface area contributed by atoms with Gasteiger partial charge in [-0.25, -0.2) is 4.79 Å². The fourth-order valence-corrected chi connectivity index (χ4v) is 4.12. The van der Waals surface area contributed by atoms with Gasteiger partial charge in [-0.05, 0) is 18.4 Å². The second-order valence-electron chi connectivity index (χ2n) is 6.96. The minimum Gasteiger partial charge on any atom is -0.479 e. The maximum atomic E-state index is 12.7. The van der Waals surface area contributed by atoms with E-state index >= 15 is 0 Å². The number of nitrogens with zero attached hydrogens (tertiary/aromatic N) is 1. The fraction of sp³-hybridized carbons (Fsp3) is 0.579. The van der Waals surface area contributed by atoms with Gasteiger partial charge in [0.05, 0.1) is 13.2 Å². The van der Waals surface area contributed by atoms with Gasteiger partial charge in [-0.3, -0.25) is 9.69 Å². The molecule has 0 unspecified atom stereocenters. The molecule has 0 aromatic heterocycles. The smallest absolute Gasteiger partial charge is 0.330 e. The number of benzene rings is 1. The molecule has 1 amide bonds. The van der Waals surface area contributed by atoms with Crippen molar-refractivity contribution >= 4 is 11.9 Å². The lowest BCUT2D eigenvalue weighted by atomic mass is 9.89. The minimum atomic E-state index is -1.04. The molecule has 1 aromatic carbocycles. The van der Waals surface area contributed by atoms with Crippen molar-refractivity contribution in [2.45, 2.75) is 43.7 Å². The molecule has 1 aromatic rings. The molecule has 6 nitrogen and oxygen atoms in total. The minimum absolute atomic E-state index is 0.145. The van der Waals surface area contributed by atoms with E-state index in [0.29, 0.717) is 25.2 Å². The maximum Gasteiger partial charge on any atom is 0.330 e. The van der Waals surface area contributed by atoms with Crippen molar-refractivity contribution in [2.24, 2.45) is 0 Å². The molecule has 6 heteroatoms. The molecule has 0 radical (unpaired) electrons. The number of ether oxygens (including phenoxy) is 1. The molecule has 2 N–H and O–H groups in total. The largest absolute Gasteiger partial charge is 0.479 e.